The molecule has 0 aliphatic carbocycles. The van der Waals surface area contributed by atoms with Gasteiger partial charge in [-0.1, -0.05) is 31.2 Å². The van der Waals surface area contributed by atoms with Crippen molar-refractivity contribution in [2.75, 3.05) is 20.6 Å². The van der Waals surface area contributed by atoms with Crippen molar-refractivity contribution in [3.8, 4) is 0 Å². The molecule has 6 heteroatoms. The van der Waals surface area contributed by atoms with Crippen molar-refractivity contribution in [3.63, 3.8) is 0 Å². The first-order valence-corrected chi connectivity index (χ1v) is 6.93. The van der Waals surface area contributed by atoms with Crippen molar-refractivity contribution >= 4 is 11.8 Å². The largest absolute Gasteiger partial charge is 0.359 e. The molecule has 1 unspecified atom stereocenters. The SMILES string of the molecule is CNC(=O)C(C)CN(C)Cc1ccc(CC(=O)NN)cc1. The highest BCUT2D eigenvalue weighted by Crippen LogP contribution is 2.09. The zero-order valence-corrected chi connectivity index (χ0v) is 12.8. The molecule has 1 aromatic carbocycles. The summed E-state index contributed by atoms with van der Waals surface area (Å²) in [6.07, 6.45) is 0.278. The Balaban J connectivity index is 2.51. The number of nitrogens with two attached hydrogens (primary N) is 1. The molecule has 0 aliphatic rings. The summed E-state index contributed by atoms with van der Waals surface area (Å²) in [6, 6.07) is 7.81. The molecule has 0 aromatic heterocycles. The highest BCUT2D eigenvalue weighted by Gasteiger charge is 2.13. The lowest BCUT2D eigenvalue weighted by Gasteiger charge is -2.20. The Kier molecular flexibility index (Phi) is 6.84. The van der Waals surface area contributed by atoms with Gasteiger partial charge in [0.15, 0.2) is 0 Å². The van der Waals surface area contributed by atoms with E-state index in [9.17, 15) is 9.59 Å². The average molecular weight is 292 g/mol. The fourth-order valence-corrected chi connectivity index (χ4v) is 2.17. The topological polar surface area (TPSA) is 87.5 Å². The predicted molar refractivity (Wildman–Crippen MR) is 82.0 cm³/mol. The molecule has 116 valence electrons. The van der Waals surface area contributed by atoms with Gasteiger partial charge in [-0.25, -0.2) is 5.84 Å². The molecular weight excluding hydrogens is 268 g/mol. The van der Waals surface area contributed by atoms with Crippen molar-refractivity contribution < 1.29 is 9.59 Å². The minimum Gasteiger partial charge on any atom is -0.359 e. The van der Waals surface area contributed by atoms with Gasteiger partial charge < -0.3 is 10.2 Å². The van der Waals surface area contributed by atoms with Gasteiger partial charge in [0.25, 0.3) is 0 Å². The Morgan fingerprint density at radius 1 is 1.24 bits per heavy atom. The highest BCUT2D eigenvalue weighted by molar-refractivity contribution is 5.78. The van der Waals surface area contributed by atoms with Crippen LogP contribution in [0.15, 0.2) is 24.3 Å². The van der Waals surface area contributed by atoms with Gasteiger partial charge in [0.05, 0.1) is 6.42 Å². The van der Waals surface area contributed by atoms with Crippen LogP contribution in [-0.2, 0) is 22.6 Å². The van der Waals surface area contributed by atoms with E-state index in [0.717, 1.165) is 17.7 Å². The number of hydrazine groups is 1. The lowest BCUT2D eigenvalue weighted by molar-refractivity contribution is -0.124. The zero-order chi connectivity index (χ0) is 15.8. The fourth-order valence-electron chi connectivity index (χ4n) is 2.17. The first kappa shape index (κ1) is 17.1. The molecule has 1 aromatic rings. The van der Waals surface area contributed by atoms with Crippen molar-refractivity contribution in [1.29, 1.82) is 0 Å². The van der Waals surface area contributed by atoms with Gasteiger partial charge in [0.1, 0.15) is 0 Å². The quantitative estimate of drug-likeness (QED) is 0.376. The van der Waals surface area contributed by atoms with Crippen molar-refractivity contribution in [1.82, 2.24) is 15.6 Å². The number of rotatable bonds is 7. The van der Waals surface area contributed by atoms with E-state index < -0.39 is 0 Å². The summed E-state index contributed by atoms with van der Waals surface area (Å²) in [5, 5.41) is 2.65. The van der Waals surface area contributed by atoms with Gasteiger partial charge in [0, 0.05) is 26.1 Å². The molecule has 0 fully saturated rings. The van der Waals surface area contributed by atoms with Crippen LogP contribution in [0.25, 0.3) is 0 Å². The molecule has 0 spiro atoms. The number of amides is 2. The second-order valence-electron chi connectivity index (χ2n) is 5.27. The zero-order valence-electron chi connectivity index (χ0n) is 12.8. The molecule has 21 heavy (non-hydrogen) atoms. The third kappa shape index (κ3) is 5.93. The lowest BCUT2D eigenvalue weighted by atomic mass is 10.1. The first-order valence-electron chi connectivity index (χ1n) is 6.93. The molecule has 1 atom stereocenters. The van der Waals surface area contributed by atoms with E-state index in [-0.39, 0.29) is 24.2 Å². The maximum Gasteiger partial charge on any atom is 0.238 e. The number of carbonyl (C=O) groups excluding carboxylic acids is 2. The first-order chi connectivity index (χ1) is 9.96. The van der Waals surface area contributed by atoms with Crippen molar-refractivity contribution in [2.24, 2.45) is 11.8 Å². The Morgan fingerprint density at radius 2 is 1.81 bits per heavy atom. The van der Waals surface area contributed by atoms with Crippen LogP contribution in [0.5, 0.6) is 0 Å². The third-order valence-electron chi connectivity index (χ3n) is 3.28. The summed E-state index contributed by atoms with van der Waals surface area (Å²) in [4.78, 5) is 24.8. The molecule has 0 saturated heterocycles. The average Bonchev–Trinajstić information content (AvgIpc) is 2.48. The molecule has 0 aliphatic heterocycles. The highest BCUT2D eigenvalue weighted by atomic mass is 16.2. The number of benzene rings is 1. The minimum absolute atomic E-state index is 0.0463. The Morgan fingerprint density at radius 3 is 2.33 bits per heavy atom. The number of nitrogens with zero attached hydrogens (tertiary/aromatic N) is 1. The van der Waals surface area contributed by atoms with Gasteiger partial charge in [-0.05, 0) is 18.2 Å². The number of carbonyl (C=O) groups is 2. The lowest BCUT2D eigenvalue weighted by Crippen LogP contribution is -2.34. The number of hydrogen-bond acceptors (Lipinski definition) is 4. The van der Waals surface area contributed by atoms with Crippen LogP contribution < -0.4 is 16.6 Å². The molecule has 4 N–H and O–H groups in total. The van der Waals surface area contributed by atoms with Crippen LogP contribution >= 0.6 is 0 Å². The molecule has 0 saturated carbocycles. The normalized spacial score (nSPS) is 12.0. The van der Waals surface area contributed by atoms with E-state index in [1.807, 2.05) is 38.2 Å². The van der Waals surface area contributed by atoms with Crippen LogP contribution in [-0.4, -0.2) is 37.4 Å². The Hall–Kier alpha value is -1.92. The van der Waals surface area contributed by atoms with Gasteiger partial charge >= 0.3 is 0 Å². The summed E-state index contributed by atoms with van der Waals surface area (Å²) in [5.74, 6) is 4.85. The molecular formula is C15H24N4O2. The van der Waals surface area contributed by atoms with Crippen molar-refractivity contribution in [3.05, 3.63) is 35.4 Å². The van der Waals surface area contributed by atoms with Gasteiger partial charge in [-0.15, -0.1) is 0 Å². The summed E-state index contributed by atoms with van der Waals surface area (Å²) >= 11 is 0. The summed E-state index contributed by atoms with van der Waals surface area (Å²) in [7, 11) is 3.63. The van der Waals surface area contributed by atoms with Crippen LogP contribution in [0, 0.1) is 5.92 Å². The summed E-state index contributed by atoms with van der Waals surface area (Å²) in [6.45, 7) is 3.35. The molecule has 6 nitrogen and oxygen atoms in total. The Bertz CT molecular complexity index is 473. The van der Waals surface area contributed by atoms with Gasteiger partial charge in [-0.3, -0.25) is 15.0 Å². The van der Waals surface area contributed by atoms with E-state index in [0.29, 0.717) is 6.54 Å². The van der Waals surface area contributed by atoms with E-state index in [1.54, 1.807) is 7.05 Å². The van der Waals surface area contributed by atoms with Crippen LogP contribution in [0.2, 0.25) is 0 Å². The van der Waals surface area contributed by atoms with Crippen LogP contribution in [0.4, 0.5) is 0 Å². The van der Waals surface area contributed by atoms with E-state index in [2.05, 4.69) is 15.6 Å². The smallest absolute Gasteiger partial charge is 0.238 e. The van der Waals surface area contributed by atoms with Crippen LogP contribution in [0.3, 0.4) is 0 Å². The Labute approximate surface area is 125 Å². The van der Waals surface area contributed by atoms with E-state index in [4.69, 9.17) is 5.84 Å². The second kappa shape index (κ2) is 8.39. The van der Waals surface area contributed by atoms with Crippen molar-refractivity contribution in [2.45, 2.75) is 19.9 Å². The van der Waals surface area contributed by atoms with Gasteiger partial charge in [0.2, 0.25) is 11.8 Å². The molecule has 0 heterocycles. The fraction of sp³-hybridized carbons (Fsp3) is 0.467. The number of hydrogen-bond donors (Lipinski definition) is 3. The molecule has 2 amide bonds. The van der Waals surface area contributed by atoms with E-state index in [1.165, 1.54) is 0 Å². The molecule has 0 radical (unpaired) electrons. The number of nitrogens with one attached hydrogen (secondary N) is 2. The summed E-state index contributed by atoms with van der Waals surface area (Å²) < 4.78 is 0. The van der Waals surface area contributed by atoms with Crippen LogP contribution in [0.1, 0.15) is 18.1 Å². The van der Waals surface area contributed by atoms with Gasteiger partial charge in [-0.2, -0.15) is 0 Å². The standard InChI is InChI=1S/C15H24N4O2/c1-11(15(21)17-2)9-19(3)10-13-6-4-12(5-7-13)8-14(20)18-16/h4-7,11H,8-10,16H2,1-3H3,(H,17,21)(H,18,20). The van der Waals surface area contributed by atoms with E-state index >= 15 is 0 Å². The monoisotopic (exact) mass is 292 g/mol. The molecule has 1 rings (SSSR count). The maximum absolute atomic E-state index is 11.5. The third-order valence-corrected chi connectivity index (χ3v) is 3.28. The predicted octanol–water partition coefficient (Wildman–Crippen LogP) is 0.0329. The molecule has 0 bridgehead atoms. The summed E-state index contributed by atoms with van der Waals surface area (Å²) in [5.41, 5.74) is 4.17. The minimum atomic E-state index is -0.209. The second-order valence-corrected chi connectivity index (χ2v) is 5.27. The maximum atomic E-state index is 11.5.